The van der Waals surface area contributed by atoms with Crippen molar-refractivity contribution in [3.8, 4) is 11.6 Å². The molecule has 3 fully saturated rings. The number of rotatable bonds is 9. The van der Waals surface area contributed by atoms with E-state index in [2.05, 4.69) is 22.5 Å². The van der Waals surface area contributed by atoms with Crippen LogP contribution in [0.1, 0.15) is 63.2 Å². The number of pyridine rings is 1. The van der Waals surface area contributed by atoms with Crippen molar-refractivity contribution in [2.75, 3.05) is 12.4 Å². The first-order chi connectivity index (χ1) is 17.6. The molecule has 9 heteroatoms. The van der Waals surface area contributed by atoms with Crippen molar-refractivity contribution in [1.29, 1.82) is 0 Å². The summed E-state index contributed by atoms with van der Waals surface area (Å²) in [7, 11) is 0. The second-order valence-corrected chi connectivity index (χ2v) is 12.5. The number of ketones is 1. The molecule has 1 aromatic carbocycles. The topological polar surface area (TPSA) is 110 Å². The lowest BCUT2D eigenvalue weighted by Crippen LogP contribution is -2.46. The molecule has 1 aliphatic heterocycles. The van der Waals surface area contributed by atoms with Gasteiger partial charge in [-0.25, -0.2) is 9.37 Å². The van der Waals surface area contributed by atoms with Crippen LogP contribution < -0.4 is 15.4 Å². The van der Waals surface area contributed by atoms with Gasteiger partial charge in [-0.05, 0) is 81.4 Å². The molecule has 0 bridgehead atoms. The molecule has 2 spiro atoms. The Kier molecular flexibility index (Phi) is 6.83. The van der Waals surface area contributed by atoms with Crippen LogP contribution in [-0.2, 0) is 4.79 Å². The number of ether oxygens (including phenoxy) is 1. The van der Waals surface area contributed by atoms with Crippen LogP contribution in [0.4, 0.5) is 4.39 Å². The quantitative estimate of drug-likeness (QED) is 0.250. The molecule has 1 aromatic heterocycles. The minimum absolute atomic E-state index is 0.0224. The Balaban J connectivity index is 1.25. The smallest absolute Gasteiger partial charge is 0.230 e. The van der Waals surface area contributed by atoms with E-state index in [1.54, 1.807) is 31.7 Å². The number of carbonyl (C=O) groups excluding carboxylic acids is 2. The molecule has 3 aliphatic rings. The summed E-state index contributed by atoms with van der Waals surface area (Å²) in [6.45, 7) is 5.33. The molecule has 7 nitrogen and oxygen atoms in total. The van der Waals surface area contributed by atoms with E-state index in [1.165, 1.54) is 6.07 Å². The largest absolute Gasteiger partial charge is 0.438 e. The summed E-state index contributed by atoms with van der Waals surface area (Å²) in [5.74, 6) is 0.682. The van der Waals surface area contributed by atoms with Crippen molar-refractivity contribution in [3.05, 3.63) is 47.9 Å². The highest BCUT2D eigenvalue weighted by Crippen LogP contribution is 2.72. The zero-order valence-electron chi connectivity index (χ0n) is 21.5. The lowest BCUT2D eigenvalue weighted by atomic mass is 9.80. The number of hydrogen-bond acceptors (Lipinski definition) is 7. The predicted octanol–water partition coefficient (Wildman–Crippen LogP) is 4.49. The van der Waals surface area contributed by atoms with Crippen molar-refractivity contribution >= 4 is 23.5 Å². The third-order valence-electron chi connectivity index (χ3n) is 8.21. The van der Waals surface area contributed by atoms with Gasteiger partial charge in [0.2, 0.25) is 11.8 Å². The maximum atomic E-state index is 14.2. The van der Waals surface area contributed by atoms with E-state index in [0.717, 1.165) is 48.9 Å². The van der Waals surface area contributed by atoms with Crippen LogP contribution in [0.15, 0.2) is 41.4 Å². The highest BCUT2D eigenvalue weighted by Gasteiger charge is 2.81. The third-order valence-corrected chi connectivity index (χ3v) is 9.09. The number of amides is 1. The summed E-state index contributed by atoms with van der Waals surface area (Å²) in [5, 5.41) is 16.0. The number of fused-ring (bicyclic) bond motifs is 1. The van der Waals surface area contributed by atoms with E-state index >= 15 is 0 Å². The molecule has 2 atom stereocenters. The van der Waals surface area contributed by atoms with Gasteiger partial charge in [-0.3, -0.25) is 14.9 Å². The number of nitrogens with zero attached hydrogens (tertiary/aromatic N) is 1. The summed E-state index contributed by atoms with van der Waals surface area (Å²) in [4.78, 5) is 31.1. The third kappa shape index (κ3) is 4.89. The standard InChI is InChI=1S/C28H34FN3O4S/c1-4-37-20-7-5-6-19(13-20)36-24-21(12-17(29)14-30-24)22(34)23-28(32-23)15-27(28)10-8-18(9-11-27)31-25(35)26(2,3)16-33/h5-7,12-14,18,23,32-33H,4,8-11,15-16H2,1-3H3,(H,31,35)/t18?,23?,27?,28-/m1/s1. The molecule has 3 N–H and O–H groups in total. The number of aliphatic hydroxyl groups excluding tert-OH is 1. The number of hydrogen-bond donors (Lipinski definition) is 3. The molecule has 0 radical (unpaired) electrons. The minimum Gasteiger partial charge on any atom is -0.438 e. The van der Waals surface area contributed by atoms with Gasteiger partial charge in [-0.15, -0.1) is 11.8 Å². The molecule has 5 rings (SSSR count). The van der Waals surface area contributed by atoms with Gasteiger partial charge < -0.3 is 15.2 Å². The van der Waals surface area contributed by atoms with Gasteiger partial charge in [-0.2, -0.15) is 0 Å². The first-order valence-electron chi connectivity index (χ1n) is 12.9. The second kappa shape index (κ2) is 9.67. The highest BCUT2D eigenvalue weighted by atomic mass is 32.2. The van der Waals surface area contributed by atoms with Crippen LogP contribution in [0.2, 0.25) is 0 Å². The summed E-state index contributed by atoms with van der Waals surface area (Å²) in [6, 6.07) is 8.46. The number of thioether (sulfide) groups is 1. The minimum atomic E-state index is -0.805. The summed E-state index contributed by atoms with van der Waals surface area (Å²) < 4.78 is 20.1. The van der Waals surface area contributed by atoms with Crippen molar-refractivity contribution < 1.29 is 23.8 Å². The first kappa shape index (κ1) is 26.1. The Morgan fingerprint density at radius 2 is 2.05 bits per heavy atom. The Bertz CT molecular complexity index is 1210. The normalized spacial score (nSPS) is 28.2. The van der Waals surface area contributed by atoms with Crippen LogP contribution in [0.5, 0.6) is 11.6 Å². The maximum Gasteiger partial charge on any atom is 0.230 e. The number of halogens is 1. The molecule has 1 amide bonds. The van der Waals surface area contributed by atoms with Crippen LogP contribution in [0.25, 0.3) is 0 Å². The predicted molar refractivity (Wildman–Crippen MR) is 139 cm³/mol. The van der Waals surface area contributed by atoms with Gasteiger partial charge in [0.05, 0.1) is 29.8 Å². The number of Topliss-reactive ketones (excluding diaryl/α,β-unsaturated/α-hetero) is 1. The van der Waals surface area contributed by atoms with Gasteiger partial charge in [0.15, 0.2) is 5.78 Å². The van der Waals surface area contributed by atoms with Crippen LogP contribution in [0.3, 0.4) is 0 Å². The summed E-state index contributed by atoms with van der Waals surface area (Å²) in [6.07, 6.45) is 5.44. The molecule has 2 aromatic rings. The van der Waals surface area contributed by atoms with Gasteiger partial charge in [-0.1, -0.05) is 13.0 Å². The van der Waals surface area contributed by atoms with E-state index in [-0.39, 0.29) is 52.8 Å². The van der Waals surface area contributed by atoms with Gasteiger partial charge in [0.1, 0.15) is 11.6 Å². The number of carbonyl (C=O) groups is 2. The van der Waals surface area contributed by atoms with E-state index in [9.17, 15) is 19.1 Å². The Hall–Kier alpha value is -2.49. The summed E-state index contributed by atoms with van der Waals surface area (Å²) in [5.41, 5.74) is -0.892. The number of aliphatic hydroxyl groups is 1. The van der Waals surface area contributed by atoms with Crippen LogP contribution in [0, 0.1) is 16.6 Å². The average Bonchev–Trinajstić information content (AvgIpc) is 3.76. The van der Waals surface area contributed by atoms with Crippen molar-refractivity contribution in [2.45, 2.75) is 75.4 Å². The van der Waals surface area contributed by atoms with E-state index in [1.807, 2.05) is 18.2 Å². The zero-order valence-corrected chi connectivity index (χ0v) is 22.3. The Morgan fingerprint density at radius 1 is 1.30 bits per heavy atom. The maximum absolute atomic E-state index is 14.2. The molecule has 1 unspecified atom stereocenters. The lowest BCUT2D eigenvalue weighted by molar-refractivity contribution is -0.132. The van der Waals surface area contributed by atoms with Gasteiger partial charge >= 0.3 is 0 Å². The first-order valence-corrected chi connectivity index (χ1v) is 13.9. The molecule has 1 saturated heterocycles. The van der Waals surface area contributed by atoms with Crippen LogP contribution in [-0.4, -0.2) is 51.8 Å². The second-order valence-electron chi connectivity index (χ2n) is 11.2. The zero-order chi connectivity index (χ0) is 26.4. The molecule has 2 aliphatic carbocycles. The number of nitrogens with one attached hydrogen (secondary N) is 2. The highest BCUT2D eigenvalue weighted by molar-refractivity contribution is 7.99. The average molecular weight is 528 g/mol. The summed E-state index contributed by atoms with van der Waals surface area (Å²) >= 11 is 1.68. The van der Waals surface area contributed by atoms with Crippen LogP contribution >= 0.6 is 11.8 Å². The number of aromatic nitrogens is 1. The Morgan fingerprint density at radius 3 is 2.76 bits per heavy atom. The number of benzene rings is 1. The molecule has 198 valence electrons. The van der Waals surface area contributed by atoms with Crippen molar-refractivity contribution in [2.24, 2.45) is 10.8 Å². The van der Waals surface area contributed by atoms with Gasteiger partial charge in [0.25, 0.3) is 0 Å². The molecule has 37 heavy (non-hydrogen) atoms. The monoisotopic (exact) mass is 527 g/mol. The van der Waals surface area contributed by atoms with E-state index in [0.29, 0.717) is 5.75 Å². The Labute approximate surface area is 221 Å². The fourth-order valence-corrected chi connectivity index (χ4v) is 6.45. The molecular weight excluding hydrogens is 493 g/mol. The fraction of sp³-hybridized carbons (Fsp3) is 0.536. The fourth-order valence-electron chi connectivity index (χ4n) is 5.74. The SMILES string of the molecule is CCSc1cccc(Oc2ncc(F)cc2C(=O)C2N[C@]23CC32CCC(NC(=O)C(C)(C)CO)CC2)c1. The van der Waals surface area contributed by atoms with E-state index in [4.69, 9.17) is 4.74 Å². The molecular formula is C28H34FN3O4S. The van der Waals surface area contributed by atoms with Gasteiger partial charge in [0, 0.05) is 16.5 Å². The van der Waals surface area contributed by atoms with Crippen molar-refractivity contribution in [3.63, 3.8) is 0 Å². The lowest BCUT2D eigenvalue weighted by Gasteiger charge is -2.32. The molecule has 2 heterocycles. The van der Waals surface area contributed by atoms with Crippen molar-refractivity contribution in [1.82, 2.24) is 15.6 Å². The van der Waals surface area contributed by atoms with E-state index < -0.39 is 11.2 Å². The molecule has 2 saturated carbocycles.